The van der Waals surface area contributed by atoms with Crippen LogP contribution in [0.1, 0.15) is 11.6 Å². The van der Waals surface area contributed by atoms with E-state index in [0.717, 1.165) is 5.56 Å². The van der Waals surface area contributed by atoms with Gasteiger partial charge in [0.2, 0.25) is 0 Å². The van der Waals surface area contributed by atoms with Crippen molar-refractivity contribution in [2.24, 2.45) is 0 Å². The van der Waals surface area contributed by atoms with Gasteiger partial charge in [-0.15, -0.1) is 0 Å². The van der Waals surface area contributed by atoms with Gasteiger partial charge in [0.1, 0.15) is 6.61 Å². The predicted octanol–water partition coefficient (Wildman–Crippen LogP) is 2.46. The van der Waals surface area contributed by atoms with E-state index in [0.29, 0.717) is 11.6 Å². The van der Waals surface area contributed by atoms with Crippen LogP contribution in [0.4, 0.5) is 4.79 Å². The topological polar surface area (TPSA) is 29.5 Å². The molecule has 1 aromatic carbocycles. The van der Waals surface area contributed by atoms with Crippen LogP contribution in [0.3, 0.4) is 0 Å². The highest BCUT2D eigenvalue weighted by atomic mass is 35.5. The third-order valence-corrected chi connectivity index (χ3v) is 2.63. The second kappa shape index (κ2) is 3.50. The molecule has 0 N–H and O–H groups in total. The predicted molar refractivity (Wildman–Crippen MR) is 53.3 cm³/mol. The fraction of sp³-hybridized carbons (Fsp3) is 0.300. The first kappa shape index (κ1) is 9.34. The first-order valence-corrected chi connectivity index (χ1v) is 4.71. The van der Waals surface area contributed by atoms with Gasteiger partial charge in [0, 0.05) is 12.1 Å². The van der Waals surface area contributed by atoms with Gasteiger partial charge in [0.15, 0.2) is 0 Å². The molecule has 1 aromatic rings. The van der Waals surface area contributed by atoms with Crippen molar-refractivity contribution >= 4 is 17.7 Å². The van der Waals surface area contributed by atoms with E-state index in [9.17, 15) is 4.79 Å². The summed E-state index contributed by atoms with van der Waals surface area (Å²) < 4.78 is 4.92. The maximum atomic E-state index is 11.1. The second-order valence-corrected chi connectivity index (χ2v) is 3.69. The van der Waals surface area contributed by atoms with E-state index in [1.165, 1.54) is 0 Å². The molecule has 0 bridgehead atoms. The molecule has 0 unspecified atom stereocenters. The van der Waals surface area contributed by atoms with E-state index in [1.54, 1.807) is 11.9 Å². The van der Waals surface area contributed by atoms with Crippen LogP contribution in [0, 0.1) is 0 Å². The Morgan fingerprint density at radius 2 is 2.07 bits per heavy atom. The number of halogens is 1. The SMILES string of the molecule is CN1C(=O)OC[C@@H]1c1ccc(Cl)cc1. The van der Waals surface area contributed by atoms with Gasteiger partial charge in [0.25, 0.3) is 0 Å². The summed E-state index contributed by atoms with van der Waals surface area (Å²) in [5, 5.41) is 0.696. The van der Waals surface area contributed by atoms with E-state index in [-0.39, 0.29) is 12.1 Å². The molecule has 0 aliphatic carbocycles. The number of benzene rings is 1. The van der Waals surface area contributed by atoms with Gasteiger partial charge in [-0.1, -0.05) is 23.7 Å². The number of amides is 1. The van der Waals surface area contributed by atoms with Crippen molar-refractivity contribution in [2.45, 2.75) is 6.04 Å². The summed E-state index contributed by atoms with van der Waals surface area (Å²) in [7, 11) is 1.73. The lowest BCUT2D eigenvalue weighted by Crippen LogP contribution is -2.22. The standard InChI is InChI=1S/C10H10ClNO2/c1-12-9(6-14-10(12)13)7-2-4-8(11)5-3-7/h2-5,9H,6H2,1H3/t9-/m1/s1. The summed E-state index contributed by atoms with van der Waals surface area (Å²) in [5.41, 5.74) is 1.04. The average Bonchev–Trinajstić information content (AvgIpc) is 2.50. The molecule has 1 saturated heterocycles. The second-order valence-electron chi connectivity index (χ2n) is 3.26. The summed E-state index contributed by atoms with van der Waals surface area (Å²) in [6.45, 7) is 0.414. The first-order chi connectivity index (χ1) is 6.68. The third kappa shape index (κ3) is 1.55. The van der Waals surface area contributed by atoms with Crippen molar-refractivity contribution in [3.05, 3.63) is 34.9 Å². The Balaban J connectivity index is 2.23. The maximum Gasteiger partial charge on any atom is 0.410 e. The summed E-state index contributed by atoms with van der Waals surface area (Å²) in [6.07, 6.45) is -0.273. The van der Waals surface area contributed by atoms with Crippen LogP contribution >= 0.6 is 11.6 Å². The van der Waals surface area contributed by atoms with Gasteiger partial charge in [0.05, 0.1) is 6.04 Å². The number of rotatable bonds is 1. The van der Waals surface area contributed by atoms with Gasteiger partial charge in [-0.25, -0.2) is 4.79 Å². The number of nitrogens with zero attached hydrogens (tertiary/aromatic N) is 1. The van der Waals surface area contributed by atoms with E-state index < -0.39 is 0 Å². The molecule has 1 amide bonds. The largest absolute Gasteiger partial charge is 0.447 e. The maximum absolute atomic E-state index is 11.1. The minimum atomic E-state index is -0.273. The minimum absolute atomic E-state index is 0.0137. The Morgan fingerprint density at radius 1 is 1.43 bits per heavy atom. The van der Waals surface area contributed by atoms with Gasteiger partial charge >= 0.3 is 6.09 Å². The highest BCUT2D eigenvalue weighted by Gasteiger charge is 2.30. The van der Waals surface area contributed by atoms with E-state index in [4.69, 9.17) is 16.3 Å². The molecule has 4 heteroatoms. The Kier molecular flexibility index (Phi) is 2.33. The summed E-state index contributed by atoms with van der Waals surface area (Å²) in [4.78, 5) is 12.7. The molecule has 1 aliphatic heterocycles. The zero-order chi connectivity index (χ0) is 10.1. The summed E-state index contributed by atoms with van der Waals surface area (Å²) in [6, 6.07) is 7.46. The van der Waals surface area contributed by atoms with Crippen LogP contribution in [0.5, 0.6) is 0 Å². The monoisotopic (exact) mass is 211 g/mol. The zero-order valence-electron chi connectivity index (χ0n) is 7.74. The summed E-state index contributed by atoms with van der Waals surface area (Å²) in [5.74, 6) is 0. The number of carbonyl (C=O) groups is 1. The third-order valence-electron chi connectivity index (χ3n) is 2.37. The number of likely N-dealkylation sites (N-methyl/N-ethyl adjacent to an activating group) is 1. The van der Waals surface area contributed by atoms with Gasteiger partial charge in [-0.3, -0.25) is 0 Å². The fourth-order valence-corrected chi connectivity index (χ4v) is 1.62. The number of hydrogen-bond donors (Lipinski definition) is 0. The smallest absolute Gasteiger partial charge is 0.410 e. The van der Waals surface area contributed by atoms with Gasteiger partial charge < -0.3 is 9.64 Å². The molecule has 74 valence electrons. The molecule has 1 fully saturated rings. The zero-order valence-corrected chi connectivity index (χ0v) is 8.49. The van der Waals surface area contributed by atoms with Crippen LogP contribution in [0.2, 0.25) is 5.02 Å². The molecule has 3 nitrogen and oxygen atoms in total. The van der Waals surface area contributed by atoms with Crippen molar-refractivity contribution in [1.82, 2.24) is 4.90 Å². The van der Waals surface area contributed by atoms with Crippen molar-refractivity contribution in [3.8, 4) is 0 Å². The van der Waals surface area contributed by atoms with E-state index >= 15 is 0 Å². The van der Waals surface area contributed by atoms with Crippen LogP contribution in [0.25, 0.3) is 0 Å². The number of ether oxygens (including phenoxy) is 1. The molecule has 2 rings (SSSR count). The first-order valence-electron chi connectivity index (χ1n) is 4.33. The van der Waals surface area contributed by atoms with Crippen molar-refractivity contribution in [3.63, 3.8) is 0 Å². The molecule has 1 heterocycles. The van der Waals surface area contributed by atoms with Gasteiger partial charge in [-0.2, -0.15) is 0 Å². The molecule has 1 atom stereocenters. The Bertz CT molecular complexity index is 350. The van der Waals surface area contributed by atoms with E-state index in [2.05, 4.69) is 0 Å². The number of carbonyl (C=O) groups excluding carboxylic acids is 1. The fourth-order valence-electron chi connectivity index (χ4n) is 1.50. The van der Waals surface area contributed by atoms with Crippen molar-refractivity contribution in [1.29, 1.82) is 0 Å². The quantitative estimate of drug-likeness (QED) is 0.714. The van der Waals surface area contributed by atoms with Gasteiger partial charge in [-0.05, 0) is 17.7 Å². The van der Waals surface area contributed by atoms with Crippen molar-refractivity contribution in [2.75, 3.05) is 13.7 Å². The number of cyclic esters (lactones) is 1. The van der Waals surface area contributed by atoms with Crippen molar-refractivity contribution < 1.29 is 9.53 Å². The van der Waals surface area contributed by atoms with Crippen LogP contribution in [0.15, 0.2) is 24.3 Å². The lowest BCUT2D eigenvalue weighted by atomic mass is 10.1. The average molecular weight is 212 g/mol. The number of hydrogen-bond acceptors (Lipinski definition) is 2. The van der Waals surface area contributed by atoms with Crippen LogP contribution < -0.4 is 0 Å². The highest BCUT2D eigenvalue weighted by Crippen LogP contribution is 2.26. The van der Waals surface area contributed by atoms with Crippen LogP contribution in [-0.4, -0.2) is 24.6 Å². The molecule has 14 heavy (non-hydrogen) atoms. The molecule has 0 aromatic heterocycles. The normalized spacial score (nSPS) is 21.1. The molecule has 0 spiro atoms. The molecular formula is C10H10ClNO2. The Hall–Kier alpha value is -1.22. The van der Waals surface area contributed by atoms with E-state index in [1.807, 2.05) is 24.3 Å². The lowest BCUT2D eigenvalue weighted by Gasteiger charge is -2.15. The Labute approximate surface area is 87.2 Å². The minimum Gasteiger partial charge on any atom is -0.447 e. The van der Waals surface area contributed by atoms with Crippen LogP contribution in [-0.2, 0) is 4.74 Å². The molecule has 1 aliphatic rings. The molecular weight excluding hydrogens is 202 g/mol. The lowest BCUT2D eigenvalue weighted by molar-refractivity contribution is 0.163. The Morgan fingerprint density at radius 3 is 2.57 bits per heavy atom. The highest BCUT2D eigenvalue weighted by molar-refractivity contribution is 6.30. The molecule has 0 saturated carbocycles. The molecule has 0 radical (unpaired) electrons. The summed E-state index contributed by atoms with van der Waals surface area (Å²) >= 11 is 5.77.